The van der Waals surface area contributed by atoms with Crippen molar-refractivity contribution >= 4 is 0 Å². The van der Waals surface area contributed by atoms with Crippen molar-refractivity contribution in [2.75, 3.05) is 19.6 Å². The van der Waals surface area contributed by atoms with Crippen molar-refractivity contribution in [3.8, 4) is 6.07 Å². The summed E-state index contributed by atoms with van der Waals surface area (Å²) in [5, 5.41) is 18.9. The molecule has 2 unspecified atom stereocenters. The Morgan fingerprint density at radius 1 is 1.32 bits per heavy atom. The SMILES string of the molecule is CC(O)C1CCN(CC(C#N)c2ccccc2)CC1. The lowest BCUT2D eigenvalue weighted by Crippen LogP contribution is -2.39. The predicted octanol–water partition coefficient (Wildman–Crippen LogP) is 2.39. The minimum atomic E-state index is -0.206. The smallest absolute Gasteiger partial charge is 0.0839 e. The maximum Gasteiger partial charge on any atom is 0.0839 e. The van der Waals surface area contributed by atoms with E-state index in [0.717, 1.165) is 38.0 Å². The average Bonchev–Trinajstić information content (AvgIpc) is 2.46. The molecule has 0 aliphatic carbocycles. The molecule has 19 heavy (non-hydrogen) atoms. The fourth-order valence-electron chi connectivity index (χ4n) is 2.78. The van der Waals surface area contributed by atoms with Gasteiger partial charge >= 0.3 is 0 Å². The monoisotopic (exact) mass is 258 g/mol. The lowest BCUT2D eigenvalue weighted by Gasteiger charge is -2.34. The van der Waals surface area contributed by atoms with E-state index in [1.54, 1.807) is 0 Å². The standard InChI is InChI=1S/C16H22N2O/c1-13(19)14-7-9-18(10-8-14)12-16(11-17)15-5-3-2-4-6-15/h2-6,13-14,16,19H,7-10,12H2,1H3. The van der Waals surface area contributed by atoms with Crippen LogP contribution in [0.5, 0.6) is 0 Å². The van der Waals surface area contributed by atoms with Crippen LogP contribution in [0.15, 0.2) is 30.3 Å². The number of aliphatic hydroxyl groups excluding tert-OH is 1. The van der Waals surface area contributed by atoms with Crippen LogP contribution in [0.1, 0.15) is 31.2 Å². The number of nitrogens with zero attached hydrogens (tertiary/aromatic N) is 2. The highest BCUT2D eigenvalue weighted by Gasteiger charge is 2.24. The van der Waals surface area contributed by atoms with Gasteiger partial charge < -0.3 is 10.0 Å². The first kappa shape index (κ1) is 14.0. The summed E-state index contributed by atoms with van der Waals surface area (Å²) in [6, 6.07) is 12.4. The molecular formula is C16H22N2O. The molecule has 1 saturated heterocycles. The molecule has 0 bridgehead atoms. The lowest BCUT2D eigenvalue weighted by molar-refractivity contribution is 0.0713. The van der Waals surface area contributed by atoms with Gasteiger partial charge in [-0.05, 0) is 44.3 Å². The minimum Gasteiger partial charge on any atom is -0.393 e. The van der Waals surface area contributed by atoms with Gasteiger partial charge in [-0.25, -0.2) is 0 Å². The van der Waals surface area contributed by atoms with Gasteiger partial charge in [-0.15, -0.1) is 0 Å². The average molecular weight is 258 g/mol. The van der Waals surface area contributed by atoms with Crippen LogP contribution >= 0.6 is 0 Å². The van der Waals surface area contributed by atoms with E-state index in [2.05, 4.69) is 11.0 Å². The van der Waals surface area contributed by atoms with Crippen LogP contribution in [0, 0.1) is 17.2 Å². The van der Waals surface area contributed by atoms with Gasteiger partial charge in [0.25, 0.3) is 0 Å². The van der Waals surface area contributed by atoms with Crippen LogP contribution in [0.2, 0.25) is 0 Å². The molecule has 1 fully saturated rings. The summed E-state index contributed by atoms with van der Waals surface area (Å²) < 4.78 is 0. The normalized spacial score (nSPS) is 20.7. The minimum absolute atomic E-state index is 0.0516. The first-order valence-corrected chi connectivity index (χ1v) is 7.05. The Labute approximate surface area is 115 Å². The second-order valence-electron chi connectivity index (χ2n) is 5.47. The van der Waals surface area contributed by atoms with Gasteiger partial charge in [-0.3, -0.25) is 0 Å². The Kier molecular flexibility index (Phi) is 4.95. The molecule has 2 atom stereocenters. The molecule has 0 amide bonds. The highest BCUT2D eigenvalue weighted by Crippen LogP contribution is 2.23. The zero-order valence-electron chi connectivity index (χ0n) is 11.5. The molecule has 2 rings (SSSR count). The largest absolute Gasteiger partial charge is 0.393 e. The summed E-state index contributed by atoms with van der Waals surface area (Å²) >= 11 is 0. The Morgan fingerprint density at radius 2 is 1.95 bits per heavy atom. The molecule has 1 aliphatic heterocycles. The number of hydrogen-bond acceptors (Lipinski definition) is 3. The molecule has 1 N–H and O–H groups in total. The molecule has 1 aliphatic rings. The van der Waals surface area contributed by atoms with Crippen molar-refractivity contribution in [2.45, 2.75) is 31.8 Å². The van der Waals surface area contributed by atoms with Gasteiger partial charge in [0.15, 0.2) is 0 Å². The third kappa shape index (κ3) is 3.79. The first-order chi connectivity index (χ1) is 9.20. The number of likely N-dealkylation sites (tertiary alicyclic amines) is 1. The predicted molar refractivity (Wildman–Crippen MR) is 75.6 cm³/mol. The maximum absolute atomic E-state index is 9.60. The van der Waals surface area contributed by atoms with Crippen molar-refractivity contribution in [1.29, 1.82) is 5.26 Å². The summed E-state index contributed by atoms with van der Waals surface area (Å²) in [5.41, 5.74) is 1.10. The van der Waals surface area contributed by atoms with E-state index < -0.39 is 0 Å². The van der Waals surface area contributed by atoms with Gasteiger partial charge in [-0.1, -0.05) is 30.3 Å². The molecule has 0 radical (unpaired) electrons. The lowest BCUT2D eigenvalue weighted by atomic mass is 9.91. The van der Waals surface area contributed by atoms with E-state index in [4.69, 9.17) is 0 Å². The van der Waals surface area contributed by atoms with Crippen LogP contribution in [0.3, 0.4) is 0 Å². The van der Waals surface area contributed by atoms with Gasteiger partial charge in [0.05, 0.1) is 18.1 Å². The quantitative estimate of drug-likeness (QED) is 0.902. The van der Waals surface area contributed by atoms with Crippen molar-refractivity contribution in [2.24, 2.45) is 5.92 Å². The van der Waals surface area contributed by atoms with Gasteiger partial charge in [0, 0.05) is 6.54 Å². The Bertz CT molecular complexity index is 416. The van der Waals surface area contributed by atoms with Crippen LogP contribution in [-0.4, -0.2) is 35.7 Å². The molecule has 3 nitrogen and oxygen atoms in total. The zero-order chi connectivity index (χ0) is 13.7. The summed E-state index contributed by atoms with van der Waals surface area (Å²) in [6.07, 6.45) is 1.86. The van der Waals surface area contributed by atoms with Gasteiger partial charge in [0.2, 0.25) is 0 Å². The van der Waals surface area contributed by atoms with E-state index in [1.807, 2.05) is 37.3 Å². The number of piperidine rings is 1. The van der Waals surface area contributed by atoms with Crippen LogP contribution in [-0.2, 0) is 0 Å². The Balaban J connectivity index is 1.89. The topological polar surface area (TPSA) is 47.3 Å². The number of aliphatic hydroxyl groups is 1. The van der Waals surface area contributed by atoms with Gasteiger partial charge in [0.1, 0.15) is 0 Å². The molecule has 1 aromatic carbocycles. The third-order valence-electron chi connectivity index (χ3n) is 4.11. The van der Waals surface area contributed by atoms with Crippen molar-refractivity contribution in [1.82, 2.24) is 4.90 Å². The molecule has 0 saturated carbocycles. The van der Waals surface area contributed by atoms with Crippen molar-refractivity contribution in [3.63, 3.8) is 0 Å². The highest BCUT2D eigenvalue weighted by molar-refractivity contribution is 5.25. The zero-order valence-corrected chi connectivity index (χ0v) is 11.5. The van der Waals surface area contributed by atoms with E-state index in [1.165, 1.54) is 0 Å². The fourth-order valence-corrected chi connectivity index (χ4v) is 2.78. The second-order valence-corrected chi connectivity index (χ2v) is 5.47. The van der Waals surface area contributed by atoms with E-state index in [0.29, 0.717) is 5.92 Å². The van der Waals surface area contributed by atoms with Crippen LogP contribution in [0.25, 0.3) is 0 Å². The first-order valence-electron chi connectivity index (χ1n) is 7.05. The summed E-state index contributed by atoms with van der Waals surface area (Å²) in [6.45, 7) is 4.65. The van der Waals surface area contributed by atoms with Crippen LogP contribution < -0.4 is 0 Å². The molecule has 3 heteroatoms. The Hall–Kier alpha value is -1.37. The summed E-state index contributed by atoms with van der Waals surface area (Å²) in [4.78, 5) is 2.35. The second kappa shape index (κ2) is 6.70. The van der Waals surface area contributed by atoms with E-state index >= 15 is 0 Å². The molecule has 102 valence electrons. The molecule has 0 spiro atoms. The van der Waals surface area contributed by atoms with Crippen molar-refractivity contribution in [3.05, 3.63) is 35.9 Å². The molecule has 0 aromatic heterocycles. The van der Waals surface area contributed by atoms with Crippen LogP contribution in [0.4, 0.5) is 0 Å². The molecular weight excluding hydrogens is 236 g/mol. The maximum atomic E-state index is 9.60. The Morgan fingerprint density at radius 3 is 2.47 bits per heavy atom. The van der Waals surface area contributed by atoms with Crippen molar-refractivity contribution < 1.29 is 5.11 Å². The van der Waals surface area contributed by atoms with Gasteiger partial charge in [-0.2, -0.15) is 5.26 Å². The third-order valence-corrected chi connectivity index (χ3v) is 4.11. The highest BCUT2D eigenvalue weighted by atomic mass is 16.3. The molecule has 1 aromatic rings. The number of benzene rings is 1. The summed E-state index contributed by atoms with van der Waals surface area (Å²) in [5.74, 6) is 0.373. The number of hydrogen-bond donors (Lipinski definition) is 1. The fraction of sp³-hybridized carbons (Fsp3) is 0.562. The molecule has 1 heterocycles. The van der Waals surface area contributed by atoms with E-state index in [9.17, 15) is 10.4 Å². The van der Waals surface area contributed by atoms with E-state index in [-0.39, 0.29) is 12.0 Å². The summed E-state index contributed by atoms with van der Waals surface area (Å²) in [7, 11) is 0. The number of nitriles is 1. The number of rotatable bonds is 4.